The predicted octanol–water partition coefficient (Wildman–Crippen LogP) is 1.37. The summed E-state index contributed by atoms with van der Waals surface area (Å²) in [7, 11) is 0. The van der Waals surface area contributed by atoms with Crippen molar-refractivity contribution in [1.82, 2.24) is 5.32 Å². The zero-order chi connectivity index (χ0) is 11.1. The highest BCUT2D eigenvalue weighted by Crippen LogP contribution is 2.23. The van der Waals surface area contributed by atoms with Crippen molar-refractivity contribution >= 4 is 17.7 Å². The van der Waals surface area contributed by atoms with Crippen LogP contribution in [0.1, 0.15) is 32.1 Å². The fourth-order valence-electron chi connectivity index (χ4n) is 2.03. The lowest BCUT2D eigenvalue weighted by molar-refractivity contribution is -0.125. The molecule has 0 saturated heterocycles. The molecule has 0 aliphatic heterocycles. The van der Waals surface area contributed by atoms with Gasteiger partial charge in [-0.25, -0.2) is 0 Å². The van der Waals surface area contributed by atoms with Crippen molar-refractivity contribution in [1.29, 1.82) is 0 Å². The summed E-state index contributed by atoms with van der Waals surface area (Å²) < 4.78 is 0. The Bertz CT molecular complexity index is 199. The number of carbonyl (C=O) groups is 1. The number of thioether (sulfide) groups is 1. The number of hydrogen-bond donors (Lipinski definition) is 2. The molecule has 2 atom stereocenters. The van der Waals surface area contributed by atoms with Gasteiger partial charge < -0.3 is 11.1 Å². The van der Waals surface area contributed by atoms with E-state index in [1.54, 1.807) is 0 Å². The van der Waals surface area contributed by atoms with Crippen molar-refractivity contribution in [2.45, 2.75) is 38.1 Å². The third-order valence-electron chi connectivity index (χ3n) is 2.98. The number of hydrogen-bond acceptors (Lipinski definition) is 3. The number of rotatable bonds is 6. The van der Waals surface area contributed by atoms with Gasteiger partial charge in [0.15, 0.2) is 0 Å². The maximum atomic E-state index is 11.7. The largest absolute Gasteiger partial charge is 0.356 e. The highest BCUT2D eigenvalue weighted by Gasteiger charge is 2.29. The maximum absolute atomic E-state index is 11.7. The molecule has 0 bridgehead atoms. The number of nitrogens with two attached hydrogens (primary N) is 1. The first-order valence-corrected chi connectivity index (χ1v) is 7.17. The summed E-state index contributed by atoms with van der Waals surface area (Å²) in [5.41, 5.74) is 5.87. The molecule has 1 aliphatic carbocycles. The summed E-state index contributed by atoms with van der Waals surface area (Å²) in [5, 5.41) is 2.99. The molecule has 88 valence electrons. The first-order chi connectivity index (χ1) is 7.25. The summed E-state index contributed by atoms with van der Waals surface area (Å²) in [6, 6.07) is 0.0937. The van der Waals surface area contributed by atoms with E-state index in [4.69, 9.17) is 5.73 Å². The van der Waals surface area contributed by atoms with Gasteiger partial charge in [0, 0.05) is 12.6 Å². The Kier molecular flexibility index (Phi) is 6.10. The van der Waals surface area contributed by atoms with Crippen LogP contribution in [0.3, 0.4) is 0 Å². The van der Waals surface area contributed by atoms with E-state index >= 15 is 0 Å². The Morgan fingerprint density at radius 1 is 1.47 bits per heavy atom. The third-order valence-corrected chi connectivity index (χ3v) is 3.68. The molecule has 1 rings (SSSR count). The molecule has 1 amide bonds. The van der Waals surface area contributed by atoms with Crippen molar-refractivity contribution in [2.24, 2.45) is 11.7 Å². The lowest BCUT2D eigenvalue weighted by Gasteiger charge is -2.14. The summed E-state index contributed by atoms with van der Waals surface area (Å²) in [5.74, 6) is 1.42. The maximum Gasteiger partial charge on any atom is 0.224 e. The molecule has 0 aromatic rings. The van der Waals surface area contributed by atoms with Crippen molar-refractivity contribution in [3.63, 3.8) is 0 Å². The van der Waals surface area contributed by atoms with E-state index < -0.39 is 0 Å². The van der Waals surface area contributed by atoms with Crippen molar-refractivity contribution in [3.05, 3.63) is 0 Å². The molecule has 2 unspecified atom stereocenters. The van der Waals surface area contributed by atoms with Crippen LogP contribution in [0.4, 0.5) is 0 Å². The van der Waals surface area contributed by atoms with Crippen LogP contribution in [0, 0.1) is 5.92 Å². The second kappa shape index (κ2) is 7.12. The second-order valence-electron chi connectivity index (χ2n) is 4.19. The molecule has 4 heteroatoms. The van der Waals surface area contributed by atoms with Crippen LogP contribution < -0.4 is 11.1 Å². The van der Waals surface area contributed by atoms with Gasteiger partial charge in [0.05, 0.1) is 5.92 Å². The van der Waals surface area contributed by atoms with Gasteiger partial charge in [0.1, 0.15) is 0 Å². The second-order valence-corrected chi connectivity index (χ2v) is 5.18. The molecule has 0 aromatic heterocycles. The molecule has 15 heavy (non-hydrogen) atoms. The SMILES string of the molecule is CSCCCCNC(=O)C1CCCC1N. The van der Waals surface area contributed by atoms with E-state index in [-0.39, 0.29) is 17.9 Å². The van der Waals surface area contributed by atoms with Crippen LogP contribution >= 0.6 is 11.8 Å². The molecule has 3 N–H and O–H groups in total. The fraction of sp³-hybridized carbons (Fsp3) is 0.909. The number of unbranched alkanes of at least 4 members (excludes halogenated alkanes) is 1. The highest BCUT2D eigenvalue weighted by molar-refractivity contribution is 7.98. The first kappa shape index (κ1) is 12.8. The Morgan fingerprint density at radius 3 is 2.87 bits per heavy atom. The van der Waals surface area contributed by atoms with E-state index in [9.17, 15) is 4.79 Å². The van der Waals surface area contributed by atoms with Crippen LogP contribution in [-0.2, 0) is 4.79 Å². The molecule has 1 aliphatic rings. The monoisotopic (exact) mass is 230 g/mol. The minimum atomic E-state index is 0.0746. The lowest BCUT2D eigenvalue weighted by Crippen LogP contribution is -2.38. The highest BCUT2D eigenvalue weighted by atomic mass is 32.2. The van der Waals surface area contributed by atoms with Crippen molar-refractivity contribution < 1.29 is 4.79 Å². The van der Waals surface area contributed by atoms with Gasteiger partial charge in [-0.3, -0.25) is 4.79 Å². The van der Waals surface area contributed by atoms with E-state index in [1.165, 1.54) is 12.2 Å². The minimum Gasteiger partial charge on any atom is -0.356 e. The van der Waals surface area contributed by atoms with Gasteiger partial charge >= 0.3 is 0 Å². The average Bonchev–Trinajstić information content (AvgIpc) is 2.64. The smallest absolute Gasteiger partial charge is 0.224 e. The van der Waals surface area contributed by atoms with Crippen molar-refractivity contribution in [2.75, 3.05) is 18.6 Å². The third kappa shape index (κ3) is 4.43. The van der Waals surface area contributed by atoms with Crippen LogP contribution in [0.25, 0.3) is 0 Å². The summed E-state index contributed by atoms with van der Waals surface area (Å²) in [6.07, 6.45) is 7.44. The van der Waals surface area contributed by atoms with E-state index in [0.717, 1.165) is 32.2 Å². The minimum absolute atomic E-state index is 0.0746. The molecule has 1 saturated carbocycles. The van der Waals surface area contributed by atoms with E-state index in [1.807, 2.05) is 11.8 Å². The predicted molar refractivity (Wildman–Crippen MR) is 65.9 cm³/mol. The van der Waals surface area contributed by atoms with E-state index in [2.05, 4.69) is 11.6 Å². The standard InChI is InChI=1S/C11H22N2OS/c1-15-8-3-2-7-13-11(14)9-5-4-6-10(9)12/h9-10H,2-8,12H2,1H3,(H,13,14). The number of amides is 1. The normalized spacial score (nSPS) is 25.5. The Morgan fingerprint density at radius 2 is 2.27 bits per heavy atom. The molecule has 1 fully saturated rings. The molecule has 0 spiro atoms. The Labute approximate surface area is 96.6 Å². The van der Waals surface area contributed by atoms with Gasteiger partial charge in [0.2, 0.25) is 5.91 Å². The van der Waals surface area contributed by atoms with Crippen LogP contribution in [-0.4, -0.2) is 30.5 Å². The number of carbonyl (C=O) groups excluding carboxylic acids is 1. The molecular formula is C11H22N2OS. The van der Waals surface area contributed by atoms with Crippen LogP contribution in [0.2, 0.25) is 0 Å². The molecular weight excluding hydrogens is 208 g/mol. The number of nitrogens with one attached hydrogen (secondary N) is 1. The van der Waals surface area contributed by atoms with E-state index in [0.29, 0.717) is 0 Å². The van der Waals surface area contributed by atoms with Crippen LogP contribution in [0.15, 0.2) is 0 Å². The Hall–Kier alpha value is -0.220. The first-order valence-electron chi connectivity index (χ1n) is 5.78. The summed E-state index contributed by atoms with van der Waals surface area (Å²) >= 11 is 1.85. The Balaban J connectivity index is 2.08. The van der Waals surface area contributed by atoms with Gasteiger partial charge in [-0.1, -0.05) is 6.42 Å². The van der Waals surface area contributed by atoms with Gasteiger partial charge in [0.25, 0.3) is 0 Å². The van der Waals surface area contributed by atoms with Crippen molar-refractivity contribution in [3.8, 4) is 0 Å². The fourth-order valence-corrected chi connectivity index (χ4v) is 2.52. The average molecular weight is 230 g/mol. The summed E-state index contributed by atoms with van der Waals surface area (Å²) in [4.78, 5) is 11.7. The van der Waals surface area contributed by atoms with Gasteiger partial charge in [-0.15, -0.1) is 0 Å². The molecule has 0 aromatic carbocycles. The molecule has 0 heterocycles. The van der Waals surface area contributed by atoms with Gasteiger partial charge in [-0.2, -0.15) is 11.8 Å². The topological polar surface area (TPSA) is 55.1 Å². The van der Waals surface area contributed by atoms with Gasteiger partial charge in [-0.05, 0) is 37.7 Å². The quantitative estimate of drug-likeness (QED) is 0.678. The summed E-state index contributed by atoms with van der Waals surface area (Å²) in [6.45, 7) is 0.808. The zero-order valence-corrected chi connectivity index (χ0v) is 10.3. The molecule has 3 nitrogen and oxygen atoms in total. The zero-order valence-electron chi connectivity index (χ0n) is 9.50. The van der Waals surface area contributed by atoms with Crippen LogP contribution in [0.5, 0.6) is 0 Å². The molecule has 0 radical (unpaired) electrons. The lowest BCUT2D eigenvalue weighted by atomic mass is 10.0.